The summed E-state index contributed by atoms with van der Waals surface area (Å²) in [5.41, 5.74) is -1.68. The Labute approximate surface area is 620 Å². The zero-order chi connectivity index (χ0) is 74.6. The summed E-state index contributed by atoms with van der Waals surface area (Å²) in [7, 11) is 7.37. The molecule has 0 amide bonds. The molecule has 0 aliphatic carbocycles. The Morgan fingerprint density at radius 3 is 0.724 bits per heavy atom. The number of carboxylic acids is 1. The quantitative estimate of drug-likeness (QED) is 0.0141. The second-order valence-corrected chi connectivity index (χ2v) is 12.2. The fourth-order valence-electron chi connectivity index (χ4n) is 0. The number of aliphatic hydroxyl groups excluding tert-OH is 1. The summed E-state index contributed by atoms with van der Waals surface area (Å²) in [6.45, 7) is 65.5. The van der Waals surface area contributed by atoms with E-state index in [-0.39, 0.29) is 107 Å². The van der Waals surface area contributed by atoms with Crippen LogP contribution in [0.25, 0.3) is 0 Å². The molecule has 0 spiro atoms. The first-order chi connectivity index (χ1) is 37.8. The number of carboxylic acid groups (broad SMARTS) is 1. The first kappa shape index (κ1) is 198. The van der Waals surface area contributed by atoms with Crippen LogP contribution in [0.4, 0.5) is 13.2 Å². The van der Waals surface area contributed by atoms with E-state index in [0.29, 0.717) is 19.2 Å². The number of ether oxygens (including phenoxy) is 3. The Balaban J connectivity index is -0.0000000140. The van der Waals surface area contributed by atoms with Crippen molar-refractivity contribution < 1.29 is 179 Å². The van der Waals surface area contributed by atoms with Crippen molar-refractivity contribution in [1.82, 2.24) is 0 Å². The summed E-state index contributed by atoms with van der Waals surface area (Å²) in [5.74, 6) is 1.08. The number of hydrogen-bond acceptors (Lipinski definition) is 19. The van der Waals surface area contributed by atoms with Gasteiger partial charge in [0, 0.05) is 41.9 Å². The maximum Gasteiger partial charge on any atom is 1.00 e. The number of halogens is 3. The molecule has 0 aromatic carbocycles. The number of aliphatic carboxylic acids is 1. The van der Waals surface area contributed by atoms with Gasteiger partial charge in [-0.1, -0.05) is 224 Å². The molecule has 10 N–H and O–H groups in total. The maximum atomic E-state index is 11.2. The maximum absolute atomic E-state index is 11.2. The van der Waals surface area contributed by atoms with E-state index in [4.69, 9.17) is 61.9 Å². The van der Waals surface area contributed by atoms with Crippen LogP contribution in [0.15, 0.2) is 28.6 Å². The summed E-state index contributed by atoms with van der Waals surface area (Å²) in [4.78, 5) is 27.4. The summed E-state index contributed by atoms with van der Waals surface area (Å²) in [6, 6.07) is 0. The van der Waals surface area contributed by atoms with E-state index in [9.17, 15) is 23.1 Å². The first-order valence-electron chi connectivity index (χ1n) is 27.3. The van der Waals surface area contributed by atoms with Crippen LogP contribution in [-0.2, 0) is 28.6 Å². The molecule has 87 heavy (non-hydrogen) atoms. The van der Waals surface area contributed by atoms with Gasteiger partial charge in [-0.2, -0.15) is 8.78 Å². The van der Waals surface area contributed by atoms with E-state index in [1.807, 2.05) is 163 Å². The van der Waals surface area contributed by atoms with Crippen LogP contribution in [-0.4, -0.2) is 149 Å². The summed E-state index contributed by atoms with van der Waals surface area (Å²) in [5, 5.41) is 76.1. The predicted molar refractivity (Wildman–Crippen MR) is 384 cm³/mol. The summed E-state index contributed by atoms with van der Waals surface area (Å²) in [6.07, 6.45) is 14.5. The number of alkyl halides is 3. The van der Waals surface area contributed by atoms with E-state index in [1.54, 1.807) is 48.7 Å². The minimum Gasteiger partial charge on any atom is -0.870 e. The predicted octanol–water partition coefficient (Wildman–Crippen LogP) is 11.5. The van der Waals surface area contributed by atoms with Crippen LogP contribution in [0, 0.1) is 12.3 Å². The fourth-order valence-corrected chi connectivity index (χ4v) is 0. The van der Waals surface area contributed by atoms with Gasteiger partial charge in [0.2, 0.25) is 0 Å². The number of carbonyl (C=O) groups excluding carboxylic acids is 2. The molecule has 0 rings (SSSR count). The van der Waals surface area contributed by atoms with Crippen molar-refractivity contribution in [2.75, 3.05) is 35.6 Å². The third kappa shape index (κ3) is 3650. The SMILES string of the molecule is C.C.C#CC(C)(C)O.CB(O)O.CB(O)O.CC.CC.CC.CC.CC.CC.CC.CC.CC(=O)O.CC(C)(C)[O-].CC=CC.CC=CC.CC=O.CCC.CCCC.CF.CO.COC(C)(F)F.COC(C)=O.COC(C)=S.OO.[B]=NS.[K+].[Na+].[OH-]. The van der Waals surface area contributed by atoms with Crippen molar-refractivity contribution in [3.8, 4) is 12.3 Å². The third-order valence-corrected chi connectivity index (χ3v) is 2.62. The zero-order valence-corrected chi connectivity index (χ0v) is 70.4. The molecule has 18 nitrogen and oxygen atoms in total. The number of esters is 1. The minimum absolute atomic E-state index is 0. The van der Waals surface area contributed by atoms with Crippen LogP contribution < -0.4 is 86.0 Å². The summed E-state index contributed by atoms with van der Waals surface area (Å²) >= 11 is 7.67. The van der Waals surface area contributed by atoms with Crippen LogP contribution in [0.3, 0.4) is 0 Å². The van der Waals surface area contributed by atoms with Crippen LogP contribution >= 0.6 is 25.0 Å². The number of terminal acetylenes is 1. The van der Waals surface area contributed by atoms with E-state index in [0.717, 1.165) is 27.4 Å². The van der Waals surface area contributed by atoms with Crippen molar-refractivity contribution in [1.29, 1.82) is 0 Å². The molecule has 0 aliphatic rings. The molecule has 0 heterocycles. The number of rotatable bonds is 2. The van der Waals surface area contributed by atoms with Crippen molar-refractivity contribution in [2.24, 2.45) is 4.30 Å². The molecule has 0 saturated carbocycles. The zero-order valence-electron chi connectivity index (χ0n) is 63.6. The van der Waals surface area contributed by atoms with Gasteiger partial charge in [0.15, 0.2) is 5.05 Å². The van der Waals surface area contributed by atoms with Gasteiger partial charge >= 0.3 is 132 Å². The number of aldehydes is 1. The van der Waals surface area contributed by atoms with Gasteiger partial charge in [0.1, 0.15) is 11.9 Å². The molecular weight excluding hydrogens is 1210 g/mol. The number of hydrogen-bond donors (Lipinski definition) is 10. The Morgan fingerprint density at radius 2 is 0.724 bits per heavy atom. The van der Waals surface area contributed by atoms with Crippen molar-refractivity contribution >= 4 is 70.2 Å². The number of carbonyl (C=O) groups is 3. The van der Waals surface area contributed by atoms with E-state index in [2.05, 4.69) is 84.8 Å². The largest absolute Gasteiger partial charge is 1.00 e. The average Bonchev–Trinajstić information content (AvgIpc) is 3.44. The van der Waals surface area contributed by atoms with Gasteiger partial charge in [0.05, 0.1) is 21.4 Å². The number of allylic oxidation sites excluding steroid dienone is 4. The summed E-state index contributed by atoms with van der Waals surface area (Å²) < 4.78 is 46.8. The number of nitrogens with zero attached hydrogens (tertiary/aromatic N) is 1. The van der Waals surface area contributed by atoms with Gasteiger partial charge in [0.25, 0.3) is 5.97 Å². The van der Waals surface area contributed by atoms with Crippen molar-refractivity contribution in [2.45, 2.75) is 300 Å². The number of unbranched alkanes of at least 4 members (excludes halogenated alkanes) is 1. The Kier molecular flexibility index (Phi) is 669. The second kappa shape index (κ2) is 294. The van der Waals surface area contributed by atoms with Gasteiger partial charge in [-0.25, -0.2) is 0 Å². The topological polar surface area (TPSA) is 326 Å². The van der Waals surface area contributed by atoms with Crippen LogP contribution in [0.1, 0.15) is 270 Å². The smallest absolute Gasteiger partial charge is 0.870 e. The number of thiol groups is 1. The minimum atomic E-state index is -2.96. The van der Waals surface area contributed by atoms with Gasteiger partial charge < -0.3 is 65.0 Å². The average molecular weight is 1370 g/mol. The molecule has 0 atom stereocenters. The standard InChI is InChI=1S/C5H8O.C4H9O.C4H10.2C4H8.C3H6F2O.C3H6O2.C3H6OS.C3H8.C2H4O2.C2H4O.8C2H6.2CH5BO2.CH3F.CH4O.2CH4.BHNS.K.Na.H2O2.H2O/c1-4-5(2,3)6;1-4(2,3)5;3*1-3-4-2;1-3(4,5)6-2;1-3(4)5-2;1-3(5)4-2;1-3-2;1-2(3)4;1-2-3;8*1-2;2*1-2(3)4;2*1-2;;;1-2-3;;;1-2;/h1,6H,2-3H3;1-3H3;3-4H2,1-2H3;2*3-4H,1-2H3;1-2H3;2*1-2H3;3H2,1-2H3;1H3,(H,3,4);2H,1H3;8*1-2H3;2*3-4H,1H3;1H3;2H,1H3;2*1H4;3H;;;1-2H;1H2/q;-1;;;;;;;;;;;;;;;;;;;;;;;;;2*+1;;/p-1. The second-order valence-electron chi connectivity index (χ2n) is 11.4. The first-order valence-corrected chi connectivity index (χ1v) is 28.1. The molecule has 0 unspecified atom stereocenters. The Morgan fingerprint density at radius 1 is 0.655 bits per heavy atom. The molecule has 0 fully saturated rings. The van der Waals surface area contributed by atoms with Gasteiger partial charge in [-0.15, -0.1) is 12.0 Å². The number of thiocarbonyl (C=S) groups is 1. The van der Waals surface area contributed by atoms with Crippen LogP contribution in [0.2, 0.25) is 13.6 Å². The van der Waals surface area contributed by atoms with Gasteiger partial charge in [-0.3, -0.25) is 24.5 Å². The molecule has 0 bridgehead atoms. The van der Waals surface area contributed by atoms with E-state index in [1.165, 1.54) is 53.9 Å². The molecular formula is C59H154B3F3KNNaO17S2. The Bertz CT molecular complexity index is 863. The molecule has 1 radical (unpaired) electrons. The van der Waals surface area contributed by atoms with Gasteiger partial charge in [-0.05, 0) is 74.3 Å². The number of methoxy groups -OCH3 is 3. The van der Waals surface area contributed by atoms with E-state index < -0.39 is 37.5 Å². The van der Waals surface area contributed by atoms with E-state index >= 15 is 0 Å². The monoisotopic (exact) mass is 1370 g/mol. The van der Waals surface area contributed by atoms with Crippen LogP contribution in [0.5, 0.6) is 0 Å². The van der Waals surface area contributed by atoms with Crippen molar-refractivity contribution in [3.05, 3.63) is 24.3 Å². The third-order valence-electron chi connectivity index (χ3n) is 2.45. The molecule has 0 aromatic rings. The fraction of sp³-hybridized carbons (Fsp3) is 0.831. The molecule has 28 heteroatoms. The molecule has 541 valence electrons. The molecule has 0 aromatic heterocycles. The molecule has 0 aliphatic heterocycles. The Hall–Kier alpha value is -0.129. The molecule has 0 saturated heterocycles. The van der Waals surface area contributed by atoms with Crippen molar-refractivity contribution in [3.63, 3.8) is 0 Å². The number of aliphatic hydroxyl groups is 2. The normalized spacial score (nSPS) is 6.39.